The Balaban J connectivity index is 1.25. The standard InChI is InChI=1S/C47H46ClIN3/c1-46(2)39-29-35(48)21-23-41(39)50-25-11-13-33(44(46)50)27-31-19-20-32(43(31)52(37-15-7-5-8-16-37)38-17-9-6-10-18-38)28-34-14-12-26-51-42-24-22-36(49)30-40(42)47(3,4)45(34)51/h5-10,15-18,21-24,27-30H,11-14,19-20,25-26H2,1-4H3/q+1. The topological polar surface area (TPSA) is 9.49 Å². The molecular formula is C47H46ClIN3+. The van der Waals surface area contributed by atoms with Gasteiger partial charge in [0, 0.05) is 66.9 Å². The summed E-state index contributed by atoms with van der Waals surface area (Å²) >= 11 is 9.08. The molecule has 0 saturated carbocycles. The smallest absolute Gasteiger partial charge is 0.209 e. The maximum Gasteiger partial charge on any atom is 0.209 e. The van der Waals surface area contributed by atoms with Crippen molar-refractivity contribution in [2.45, 2.75) is 77.0 Å². The van der Waals surface area contributed by atoms with Crippen LogP contribution in [0.5, 0.6) is 0 Å². The highest BCUT2D eigenvalue weighted by molar-refractivity contribution is 14.1. The summed E-state index contributed by atoms with van der Waals surface area (Å²) in [7, 11) is 0. The molecule has 0 bridgehead atoms. The zero-order valence-corrected chi connectivity index (χ0v) is 33.6. The minimum Gasteiger partial charge on any atom is -0.344 e. The molecule has 262 valence electrons. The quantitative estimate of drug-likeness (QED) is 0.147. The Morgan fingerprint density at radius 3 is 2.15 bits per heavy atom. The van der Waals surface area contributed by atoms with E-state index in [4.69, 9.17) is 11.6 Å². The fourth-order valence-corrected chi connectivity index (χ4v) is 10.6. The van der Waals surface area contributed by atoms with Crippen LogP contribution >= 0.6 is 34.2 Å². The zero-order chi connectivity index (χ0) is 35.8. The van der Waals surface area contributed by atoms with Gasteiger partial charge in [-0.25, -0.2) is 0 Å². The second-order valence-electron chi connectivity index (χ2n) is 16.0. The Kier molecular flexibility index (Phi) is 8.43. The first-order valence-electron chi connectivity index (χ1n) is 18.9. The van der Waals surface area contributed by atoms with Gasteiger partial charge in [0.15, 0.2) is 5.71 Å². The first-order chi connectivity index (χ1) is 25.1. The van der Waals surface area contributed by atoms with Crippen LogP contribution in [0, 0.1) is 3.57 Å². The molecule has 5 aliphatic rings. The molecule has 0 unspecified atom stereocenters. The molecule has 0 amide bonds. The fourth-order valence-electron chi connectivity index (χ4n) is 9.91. The maximum absolute atomic E-state index is 6.60. The van der Waals surface area contributed by atoms with Crippen molar-refractivity contribution in [1.82, 2.24) is 0 Å². The Labute approximate surface area is 327 Å². The number of anilines is 3. The first kappa shape index (κ1) is 33.9. The van der Waals surface area contributed by atoms with Crippen molar-refractivity contribution in [1.29, 1.82) is 0 Å². The second kappa shape index (κ2) is 12.9. The van der Waals surface area contributed by atoms with Crippen LogP contribution in [0.15, 0.2) is 143 Å². The molecule has 9 rings (SSSR count). The number of fused-ring (bicyclic) bond motifs is 5. The van der Waals surface area contributed by atoms with E-state index >= 15 is 0 Å². The third-order valence-electron chi connectivity index (χ3n) is 12.1. The minimum atomic E-state index is -0.123. The summed E-state index contributed by atoms with van der Waals surface area (Å²) in [5, 5.41) is 0.814. The van der Waals surface area contributed by atoms with Gasteiger partial charge in [0.05, 0.1) is 11.1 Å². The summed E-state index contributed by atoms with van der Waals surface area (Å²) in [4.78, 5) is 5.12. The molecule has 4 heterocycles. The lowest BCUT2D eigenvalue weighted by molar-refractivity contribution is -0.441. The maximum atomic E-state index is 6.60. The van der Waals surface area contributed by atoms with E-state index in [0.29, 0.717) is 0 Å². The summed E-state index contributed by atoms with van der Waals surface area (Å²) in [6, 6.07) is 35.5. The molecule has 4 aromatic carbocycles. The predicted molar refractivity (Wildman–Crippen MR) is 227 cm³/mol. The van der Waals surface area contributed by atoms with E-state index in [0.717, 1.165) is 56.6 Å². The van der Waals surface area contributed by atoms with Crippen molar-refractivity contribution in [3.8, 4) is 0 Å². The average molecular weight is 815 g/mol. The van der Waals surface area contributed by atoms with Crippen LogP contribution in [0.2, 0.25) is 5.02 Å². The van der Waals surface area contributed by atoms with Crippen LogP contribution in [0.25, 0.3) is 0 Å². The molecule has 1 aliphatic carbocycles. The summed E-state index contributed by atoms with van der Waals surface area (Å²) in [5.41, 5.74) is 17.8. The third-order valence-corrected chi connectivity index (χ3v) is 13.0. The number of rotatable bonds is 5. The molecule has 0 aromatic heterocycles. The van der Waals surface area contributed by atoms with Gasteiger partial charge in [-0.3, -0.25) is 0 Å². The largest absolute Gasteiger partial charge is 0.344 e. The Hall–Kier alpha value is -3.87. The van der Waals surface area contributed by atoms with Crippen LogP contribution in [0.3, 0.4) is 0 Å². The zero-order valence-electron chi connectivity index (χ0n) is 30.6. The van der Waals surface area contributed by atoms with Crippen LogP contribution in [0.4, 0.5) is 22.7 Å². The molecule has 3 nitrogen and oxygen atoms in total. The second-order valence-corrected chi connectivity index (χ2v) is 17.7. The van der Waals surface area contributed by atoms with E-state index in [1.807, 2.05) is 0 Å². The van der Waals surface area contributed by atoms with Gasteiger partial charge >= 0.3 is 0 Å². The SMILES string of the molecule is CC1(C)C2=C(/C=C3/CCC(/C=C4\CCC[N+]5=C4C(C)(C)c4cc(I)ccc45)=C3N(c3ccccc3)c3ccccc3)CCCN2c2ccc(Cl)cc21. The Morgan fingerprint density at radius 2 is 1.42 bits per heavy atom. The van der Waals surface area contributed by atoms with E-state index in [-0.39, 0.29) is 10.8 Å². The number of benzene rings is 4. The number of hydrogen-bond acceptors (Lipinski definition) is 2. The first-order valence-corrected chi connectivity index (χ1v) is 20.4. The molecule has 0 N–H and O–H groups in total. The van der Waals surface area contributed by atoms with Gasteiger partial charge in [-0.05, 0) is 151 Å². The van der Waals surface area contributed by atoms with Crippen molar-refractivity contribution in [2.24, 2.45) is 0 Å². The van der Waals surface area contributed by atoms with E-state index in [2.05, 4.69) is 174 Å². The number of nitrogens with zero attached hydrogens (tertiary/aromatic N) is 3. The molecular weight excluding hydrogens is 769 g/mol. The Bertz CT molecular complexity index is 2230. The molecule has 0 fully saturated rings. The van der Waals surface area contributed by atoms with E-state index in [1.165, 1.54) is 76.8 Å². The molecule has 4 aliphatic heterocycles. The summed E-state index contributed by atoms with van der Waals surface area (Å²) in [5.74, 6) is 0. The monoisotopic (exact) mass is 814 g/mol. The number of hydrogen-bond donors (Lipinski definition) is 0. The van der Waals surface area contributed by atoms with Crippen molar-refractivity contribution in [2.75, 3.05) is 22.9 Å². The van der Waals surface area contributed by atoms with Gasteiger partial charge < -0.3 is 9.80 Å². The van der Waals surface area contributed by atoms with E-state index < -0.39 is 0 Å². The van der Waals surface area contributed by atoms with Gasteiger partial charge in [-0.15, -0.1) is 0 Å². The summed E-state index contributed by atoms with van der Waals surface area (Å²) in [6.45, 7) is 11.8. The minimum absolute atomic E-state index is 0.0523. The summed E-state index contributed by atoms with van der Waals surface area (Å²) < 4.78 is 3.94. The predicted octanol–water partition coefficient (Wildman–Crippen LogP) is 12.7. The summed E-state index contributed by atoms with van der Waals surface area (Å²) in [6.07, 6.45) is 11.7. The average Bonchev–Trinajstić information content (AvgIpc) is 3.71. The molecule has 0 saturated heterocycles. The number of allylic oxidation sites excluding steroid dienone is 7. The highest BCUT2D eigenvalue weighted by Crippen LogP contribution is 2.53. The Morgan fingerprint density at radius 1 is 0.712 bits per heavy atom. The molecule has 4 aromatic rings. The van der Waals surface area contributed by atoms with Gasteiger partial charge in [0.25, 0.3) is 0 Å². The lowest BCUT2D eigenvalue weighted by Gasteiger charge is -2.34. The van der Waals surface area contributed by atoms with Crippen molar-refractivity contribution in [3.05, 3.63) is 163 Å². The number of halogens is 2. The van der Waals surface area contributed by atoms with Gasteiger partial charge in [0.1, 0.15) is 6.54 Å². The number of para-hydroxylation sites is 2. The van der Waals surface area contributed by atoms with Crippen molar-refractivity contribution in [3.63, 3.8) is 0 Å². The molecule has 5 heteroatoms. The molecule has 0 radical (unpaired) electrons. The van der Waals surface area contributed by atoms with Crippen LogP contribution in [0.1, 0.15) is 77.3 Å². The molecule has 0 spiro atoms. The van der Waals surface area contributed by atoms with Gasteiger partial charge in [-0.1, -0.05) is 67.9 Å². The van der Waals surface area contributed by atoms with Crippen LogP contribution < -0.4 is 9.80 Å². The van der Waals surface area contributed by atoms with Crippen molar-refractivity contribution < 1.29 is 4.58 Å². The lowest BCUT2D eigenvalue weighted by Crippen LogP contribution is -2.34. The van der Waals surface area contributed by atoms with Crippen molar-refractivity contribution >= 4 is 62.7 Å². The lowest BCUT2D eigenvalue weighted by atomic mass is 9.77. The molecule has 52 heavy (non-hydrogen) atoms. The fraction of sp³-hybridized carbons (Fsp3) is 0.298. The normalized spacial score (nSPS) is 21.5. The van der Waals surface area contributed by atoms with E-state index in [9.17, 15) is 0 Å². The molecule has 0 atom stereocenters. The third kappa shape index (κ3) is 5.46. The van der Waals surface area contributed by atoms with Crippen LogP contribution in [-0.4, -0.2) is 23.4 Å². The highest BCUT2D eigenvalue weighted by atomic mass is 127. The van der Waals surface area contributed by atoms with Gasteiger partial charge in [0.2, 0.25) is 5.69 Å². The van der Waals surface area contributed by atoms with Crippen LogP contribution in [-0.2, 0) is 10.8 Å². The van der Waals surface area contributed by atoms with E-state index in [1.54, 1.807) is 0 Å². The highest BCUT2D eigenvalue weighted by Gasteiger charge is 2.49. The van der Waals surface area contributed by atoms with Gasteiger partial charge in [-0.2, -0.15) is 4.58 Å².